The molecule has 0 saturated carbocycles. The zero-order valence-corrected chi connectivity index (χ0v) is 41.3. The fraction of sp³-hybridized carbons (Fsp3) is 0.0423. The summed E-state index contributed by atoms with van der Waals surface area (Å²) in [5.41, 5.74) is 21.9. The lowest BCUT2D eigenvalue weighted by atomic mass is 9.68. The Morgan fingerprint density at radius 2 is 0.693 bits per heavy atom. The van der Waals surface area contributed by atoms with Crippen LogP contribution in [-0.2, 0) is 5.41 Å². The van der Waals surface area contributed by atoms with Gasteiger partial charge in [0, 0.05) is 44.3 Å². The first kappa shape index (κ1) is 41.9. The normalized spacial score (nSPS) is 13.0. The van der Waals surface area contributed by atoms with E-state index >= 15 is 0 Å². The minimum Gasteiger partial charge on any atom is -0.454 e. The molecule has 2 heterocycles. The van der Waals surface area contributed by atoms with Crippen LogP contribution in [0, 0.1) is 13.8 Å². The summed E-state index contributed by atoms with van der Waals surface area (Å²) >= 11 is 0. The summed E-state index contributed by atoms with van der Waals surface area (Å²) in [5, 5.41) is 9.29. The molecular weight excluding hydrogens is 913 g/mol. The summed E-state index contributed by atoms with van der Waals surface area (Å²) in [6.45, 7) is 4.25. The number of rotatable bonds is 6. The van der Waals surface area contributed by atoms with Crippen LogP contribution in [0.4, 0.5) is 34.1 Å². The van der Waals surface area contributed by atoms with Crippen molar-refractivity contribution in [1.29, 1.82) is 0 Å². The molecule has 2 aliphatic carbocycles. The summed E-state index contributed by atoms with van der Waals surface area (Å²) in [4.78, 5) is 4.72. The Kier molecular flexibility index (Phi) is 8.77. The number of fused-ring (bicyclic) bond motifs is 20. The van der Waals surface area contributed by atoms with Gasteiger partial charge in [0.2, 0.25) is 0 Å². The molecule has 0 saturated heterocycles. The molecule has 0 radical (unpaired) electrons. The minimum atomic E-state index is -0.604. The molecule has 0 bridgehead atoms. The first-order valence-electron chi connectivity index (χ1n) is 25.9. The molecular formula is C71H46N2O2. The van der Waals surface area contributed by atoms with Crippen molar-refractivity contribution in [2.75, 3.05) is 9.80 Å². The van der Waals surface area contributed by atoms with Gasteiger partial charge in [-0.2, -0.15) is 0 Å². The lowest BCUT2D eigenvalue weighted by molar-refractivity contribution is 0.665. The summed E-state index contributed by atoms with van der Waals surface area (Å²) < 4.78 is 13.7. The van der Waals surface area contributed by atoms with Crippen molar-refractivity contribution < 1.29 is 8.83 Å². The Morgan fingerprint density at radius 1 is 0.293 bits per heavy atom. The van der Waals surface area contributed by atoms with E-state index in [1.54, 1.807) is 0 Å². The molecule has 0 fully saturated rings. The van der Waals surface area contributed by atoms with Crippen LogP contribution in [0.15, 0.2) is 251 Å². The Hall–Kier alpha value is -9.64. The van der Waals surface area contributed by atoms with Crippen molar-refractivity contribution in [1.82, 2.24) is 0 Å². The Balaban J connectivity index is 0.924. The van der Waals surface area contributed by atoms with Crippen molar-refractivity contribution >= 4 is 99.5 Å². The Morgan fingerprint density at radius 3 is 1.15 bits per heavy atom. The topological polar surface area (TPSA) is 32.8 Å². The number of aryl methyl sites for hydroxylation is 2. The van der Waals surface area contributed by atoms with E-state index in [1.165, 1.54) is 66.1 Å². The highest BCUT2D eigenvalue weighted by Crippen LogP contribution is 2.65. The van der Waals surface area contributed by atoms with Crippen LogP contribution in [0.1, 0.15) is 33.4 Å². The van der Waals surface area contributed by atoms with Crippen LogP contribution < -0.4 is 9.80 Å². The zero-order chi connectivity index (χ0) is 49.5. The van der Waals surface area contributed by atoms with Crippen LogP contribution in [0.5, 0.6) is 0 Å². The van der Waals surface area contributed by atoms with E-state index in [4.69, 9.17) is 8.83 Å². The average Bonchev–Trinajstić information content (AvgIpc) is 4.26. The molecule has 352 valence electrons. The third-order valence-electron chi connectivity index (χ3n) is 16.4. The molecule has 2 aliphatic rings. The predicted molar refractivity (Wildman–Crippen MR) is 311 cm³/mol. The molecule has 2 aromatic heterocycles. The third kappa shape index (κ3) is 5.77. The highest BCUT2D eigenvalue weighted by atomic mass is 16.3. The smallest absolute Gasteiger partial charge is 0.159 e. The monoisotopic (exact) mass is 958 g/mol. The molecule has 4 nitrogen and oxygen atoms in total. The molecule has 12 aromatic carbocycles. The molecule has 14 aromatic rings. The van der Waals surface area contributed by atoms with Gasteiger partial charge >= 0.3 is 0 Å². The largest absolute Gasteiger partial charge is 0.454 e. The van der Waals surface area contributed by atoms with Crippen LogP contribution in [0.25, 0.3) is 87.7 Å². The standard InChI is InChI=1S/C71H46N2O2/c1-43-17-13-25-57-59-27-15-31-63(69(59)74-67(43)57)72(47-19-5-3-6-20-47)49-35-39-51-45(41-49)33-37-55-56-38-34-46-42-50(36-40-52(46)66(56)71(65(51)55)61-29-11-9-23-53(61)54-24-10-12-30-62(54)71)73(48-21-7-4-8-22-48)64-32-16-28-60-58-26-14-18-44(2)68(58)75-70(60)64/h3-42H,1-2H3. The quantitative estimate of drug-likeness (QED) is 0.166. The van der Waals surface area contributed by atoms with Gasteiger partial charge in [0.05, 0.1) is 16.8 Å². The van der Waals surface area contributed by atoms with Crippen LogP contribution in [0.2, 0.25) is 0 Å². The van der Waals surface area contributed by atoms with Crippen LogP contribution in [0.3, 0.4) is 0 Å². The molecule has 16 rings (SSSR count). The van der Waals surface area contributed by atoms with Gasteiger partial charge in [-0.25, -0.2) is 0 Å². The van der Waals surface area contributed by atoms with Gasteiger partial charge in [0.25, 0.3) is 0 Å². The summed E-state index contributed by atoms with van der Waals surface area (Å²) in [6.07, 6.45) is 0. The summed E-state index contributed by atoms with van der Waals surface area (Å²) in [7, 11) is 0. The number of para-hydroxylation sites is 6. The van der Waals surface area contributed by atoms with Gasteiger partial charge < -0.3 is 18.6 Å². The van der Waals surface area contributed by atoms with E-state index in [9.17, 15) is 0 Å². The molecule has 1 spiro atoms. The second-order valence-corrected chi connectivity index (χ2v) is 20.4. The van der Waals surface area contributed by atoms with Crippen LogP contribution >= 0.6 is 0 Å². The number of hydrogen-bond acceptors (Lipinski definition) is 4. The zero-order valence-electron chi connectivity index (χ0n) is 41.3. The number of furan rings is 2. The van der Waals surface area contributed by atoms with Crippen molar-refractivity contribution in [3.8, 4) is 22.3 Å². The summed E-state index contributed by atoms with van der Waals surface area (Å²) in [6, 6.07) is 89.1. The van der Waals surface area contributed by atoms with E-state index in [2.05, 4.69) is 266 Å². The molecule has 0 amide bonds. The lowest BCUT2D eigenvalue weighted by Crippen LogP contribution is -2.26. The van der Waals surface area contributed by atoms with E-state index < -0.39 is 5.41 Å². The number of hydrogen-bond donors (Lipinski definition) is 0. The van der Waals surface area contributed by atoms with Crippen molar-refractivity contribution in [3.05, 3.63) is 276 Å². The van der Waals surface area contributed by atoms with E-state index in [0.29, 0.717) is 0 Å². The predicted octanol–water partition coefficient (Wildman–Crippen LogP) is 19.7. The molecule has 0 atom stereocenters. The molecule has 4 heteroatoms. The van der Waals surface area contributed by atoms with Gasteiger partial charge in [0.15, 0.2) is 11.2 Å². The summed E-state index contributed by atoms with van der Waals surface area (Å²) in [5.74, 6) is 0. The fourth-order valence-electron chi connectivity index (χ4n) is 13.3. The number of benzene rings is 12. The molecule has 0 aliphatic heterocycles. The Bertz CT molecular complexity index is 4400. The maximum Gasteiger partial charge on any atom is 0.159 e. The van der Waals surface area contributed by atoms with E-state index in [0.717, 1.165) is 89.1 Å². The van der Waals surface area contributed by atoms with Gasteiger partial charge in [-0.3, -0.25) is 0 Å². The van der Waals surface area contributed by atoms with Crippen molar-refractivity contribution in [2.45, 2.75) is 19.3 Å². The second kappa shape index (κ2) is 15.7. The molecule has 0 unspecified atom stereocenters. The van der Waals surface area contributed by atoms with Gasteiger partial charge in [-0.05, 0) is 152 Å². The maximum atomic E-state index is 6.84. The average molecular weight is 959 g/mol. The van der Waals surface area contributed by atoms with Crippen LogP contribution in [-0.4, -0.2) is 0 Å². The number of nitrogens with zero attached hydrogens (tertiary/aromatic N) is 2. The first-order valence-corrected chi connectivity index (χ1v) is 25.9. The Labute approximate surface area is 433 Å². The first-order chi connectivity index (χ1) is 37.0. The molecule has 75 heavy (non-hydrogen) atoms. The van der Waals surface area contributed by atoms with Gasteiger partial charge in [-0.1, -0.05) is 182 Å². The highest BCUT2D eigenvalue weighted by Gasteiger charge is 2.53. The maximum absolute atomic E-state index is 6.84. The third-order valence-corrected chi connectivity index (χ3v) is 16.4. The fourth-order valence-corrected chi connectivity index (χ4v) is 13.3. The van der Waals surface area contributed by atoms with E-state index in [1.807, 2.05) is 0 Å². The van der Waals surface area contributed by atoms with E-state index in [-0.39, 0.29) is 0 Å². The molecule has 0 N–H and O–H groups in total. The van der Waals surface area contributed by atoms with Crippen molar-refractivity contribution in [3.63, 3.8) is 0 Å². The number of anilines is 6. The van der Waals surface area contributed by atoms with Crippen molar-refractivity contribution in [2.24, 2.45) is 0 Å². The van der Waals surface area contributed by atoms with Gasteiger partial charge in [0.1, 0.15) is 11.2 Å². The van der Waals surface area contributed by atoms with Gasteiger partial charge in [-0.15, -0.1) is 0 Å². The highest BCUT2D eigenvalue weighted by molar-refractivity contribution is 6.14. The minimum absolute atomic E-state index is 0.604. The SMILES string of the molecule is Cc1cccc2c1oc1c(N(c3ccccc3)c3ccc4c5c(ccc4c3)-c3ccc4cc(N(c6ccccc6)c6cccc7c6oc6c(C)cccc67)ccc4c3C53c4ccccc4-c4ccccc43)cccc12. The second-order valence-electron chi connectivity index (χ2n) is 20.4. The lowest BCUT2D eigenvalue weighted by Gasteiger charge is -2.33.